The molecule has 3 aliphatic rings. The summed E-state index contributed by atoms with van der Waals surface area (Å²) < 4.78 is 25.1. The number of carbonyl (C=O) groups excluding carboxylic acids is 2. The van der Waals surface area contributed by atoms with Crippen LogP contribution in [-0.4, -0.2) is 123 Å². The van der Waals surface area contributed by atoms with Gasteiger partial charge in [-0.2, -0.15) is 0 Å². The van der Waals surface area contributed by atoms with Gasteiger partial charge in [0.15, 0.2) is 12.1 Å². The number of cyclic esters (lactones) is 1. The molecule has 3 rings (SSSR count). The van der Waals surface area contributed by atoms with Crippen LogP contribution in [0.4, 0.5) is 0 Å². The van der Waals surface area contributed by atoms with E-state index in [1.165, 1.54) is 0 Å². The number of likely N-dealkylation sites (N-methyl/N-ethyl adjacent to an activating group) is 2. The predicted octanol–water partition coefficient (Wildman–Crippen LogP) is 3.88. The number of aliphatic hydroxyl groups excluding tert-OH is 1. The molecule has 10 heteroatoms. The topological polar surface area (TPSA) is 110 Å². The molecule has 9 atom stereocenters. The quantitative estimate of drug-likeness (QED) is 0.300. The average molecular weight is 640 g/mol. The van der Waals surface area contributed by atoms with Crippen LogP contribution >= 0.6 is 0 Å². The van der Waals surface area contributed by atoms with E-state index in [1.54, 1.807) is 27.9 Å². The van der Waals surface area contributed by atoms with E-state index in [-0.39, 0.29) is 36.5 Å². The van der Waals surface area contributed by atoms with Gasteiger partial charge in [0.1, 0.15) is 18.1 Å². The molecule has 1 aliphatic carbocycles. The number of nitrogens with one attached hydrogen (secondary N) is 1. The number of nitrogens with zero attached hydrogens (tertiary/aromatic N) is 2. The molecule has 2 saturated heterocycles. The minimum Gasteiger partial charge on any atom is -0.463 e. The lowest BCUT2D eigenvalue weighted by atomic mass is 9.74. The Morgan fingerprint density at radius 1 is 1.09 bits per heavy atom. The van der Waals surface area contributed by atoms with Crippen LogP contribution in [0.5, 0.6) is 0 Å². The highest BCUT2D eigenvalue weighted by atomic mass is 16.7. The normalized spacial score (nSPS) is 41.2. The Labute approximate surface area is 273 Å². The van der Waals surface area contributed by atoms with Gasteiger partial charge in [-0.1, -0.05) is 20.8 Å². The number of Topliss-reactive ketones (excluding diaryl/α,β-unsaturated/α-hetero) is 1. The summed E-state index contributed by atoms with van der Waals surface area (Å²) in [5.74, 6) is -0.956. The van der Waals surface area contributed by atoms with E-state index in [9.17, 15) is 14.7 Å². The Hall–Kier alpha value is -1.14. The first-order chi connectivity index (χ1) is 21.0. The molecule has 2 N–H and O–H groups in total. The third kappa shape index (κ3) is 9.27. The van der Waals surface area contributed by atoms with Crippen LogP contribution in [0.1, 0.15) is 93.4 Å². The molecular weight excluding hydrogens is 574 g/mol. The van der Waals surface area contributed by atoms with Crippen molar-refractivity contribution < 1.29 is 33.6 Å². The smallest absolute Gasteiger partial charge is 0.319 e. The number of esters is 1. The van der Waals surface area contributed by atoms with E-state index in [2.05, 4.69) is 31.1 Å². The second-order valence-electron chi connectivity index (χ2n) is 15.4. The Bertz CT molecular complexity index is 956. The highest BCUT2D eigenvalue weighted by Crippen LogP contribution is 2.39. The van der Waals surface area contributed by atoms with E-state index in [0.29, 0.717) is 24.8 Å². The molecule has 5 unspecified atom stereocenters. The number of aliphatic hydroxyl groups is 1. The van der Waals surface area contributed by atoms with Gasteiger partial charge in [0.25, 0.3) is 0 Å². The molecule has 45 heavy (non-hydrogen) atoms. The third-order valence-corrected chi connectivity index (χ3v) is 10.9. The van der Waals surface area contributed by atoms with Gasteiger partial charge in [-0.3, -0.25) is 14.5 Å². The maximum Gasteiger partial charge on any atom is 0.319 e. The number of ether oxygens (including phenoxy) is 4. The fourth-order valence-electron chi connectivity index (χ4n) is 8.12. The molecule has 0 spiro atoms. The van der Waals surface area contributed by atoms with E-state index >= 15 is 0 Å². The molecule has 262 valence electrons. The highest BCUT2D eigenvalue weighted by molar-refractivity contribution is 6.04. The van der Waals surface area contributed by atoms with Gasteiger partial charge in [0.05, 0.1) is 17.8 Å². The molecule has 0 radical (unpaired) electrons. The van der Waals surface area contributed by atoms with E-state index in [1.807, 2.05) is 32.8 Å². The zero-order valence-corrected chi connectivity index (χ0v) is 30.1. The van der Waals surface area contributed by atoms with Crippen molar-refractivity contribution in [3.05, 3.63) is 0 Å². The van der Waals surface area contributed by atoms with E-state index in [0.717, 1.165) is 45.2 Å². The first kappa shape index (κ1) is 38.3. The summed E-state index contributed by atoms with van der Waals surface area (Å²) in [5.41, 5.74) is -2.30. The number of hydrogen-bond donors (Lipinski definition) is 2. The van der Waals surface area contributed by atoms with Crippen LogP contribution < -0.4 is 5.32 Å². The molecule has 0 amide bonds. The molecule has 10 nitrogen and oxygen atoms in total. The van der Waals surface area contributed by atoms with Gasteiger partial charge in [-0.15, -0.1) is 0 Å². The van der Waals surface area contributed by atoms with Crippen molar-refractivity contribution in [2.75, 3.05) is 47.9 Å². The number of hydrogen-bond acceptors (Lipinski definition) is 10. The molecule has 0 aromatic heterocycles. The van der Waals surface area contributed by atoms with Crippen molar-refractivity contribution in [3.8, 4) is 0 Å². The predicted molar refractivity (Wildman–Crippen MR) is 176 cm³/mol. The summed E-state index contributed by atoms with van der Waals surface area (Å²) in [6.45, 7) is 15.5. The zero-order valence-electron chi connectivity index (χ0n) is 30.1. The van der Waals surface area contributed by atoms with Crippen molar-refractivity contribution in [3.63, 3.8) is 0 Å². The summed E-state index contributed by atoms with van der Waals surface area (Å²) in [5, 5.41) is 15.0. The Balaban J connectivity index is 1.93. The van der Waals surface area contributed by atoms with Crippen LogP contribution in [0.25, 0.3) is 0 Å². The molecule has 0 aromatic carbocycles. The van der Waals surface area contributed by atoms with Gasteiger partial charge in [-0.25, -0.2) is 0 Å². The van der Waals surface area contributed by atoms with E-state index in [4.69, 9.17) is 18.9 Å². The van der Waals surface area contributed by atoms with Crippen molar-refractivity contribution in [2.24, 2.45) is 23.2 Å². The van der Waals surface area contributed by atoms with Crippen molar-refractivity contribution >= 4 is 11.8 Å². The second kappa shape index (κ2) is 16.3. The molecule has 3 fully saturated rings. The SMILES string of the molecule is CCCNC1CCC(C2COC(=O)C(C)(C)C(=O)C(C)C(O[C@@H]3O[C@H](C)C[C@H](N(C)C)[C@H]3O)C(C)(OC)CC(C)CN2C)CC1. The van der Waals surface area contributed by atoms with Crippen LogP contribution in [-0.2, 0) is 28.5 Å². The molecule has 0 aromatic rings. The summed E-state index contributed by atoms with van der Waals surface area (Å²) in [4.78, 5) is 32.3. The van der Waals surface area contributed by atoms with Crippen molar-refractivity contribution in [1.82, 2.24) is 15.1 Å². The molecule has 2 aliphatic heterocycles. The molecule has 0 bridgehead atoms. The number of rotatable bonds is 8. The number of carbonyl (C=O) groups is 2. The molecule has 2 heterocycles. The maximum absolute atomic E-state index is 14.2. The monoisotopic (exact) mass is 639 g/mol. The Kier molecular flexibility index (Phi) is 13.9. The van der Waals surface area contributed by atoms with Gasteiger partial charge < -0.3 is 34.3 Å². The maximum atomic E-state index is 14.2. The first-order valence-electron chi connectivity index (χ1n) is 17.4. The van der Waals surface area contributed by atoms with Crippen molar-refractivity contribution in [2.45, 2.75) is 142 Å². The second-order valence-corrected chi connectivity index (χ2v) is 15.4. The number of methoxy groups -OCH3 is 1. The average Bonchev–Trinajstić information content (AvgIpc) is 2.99. The highest BCUT2D eigenvalue weighted by Gasteiger charge is 2.51. The van der Waals surface area contributed by atoms with Crippen LogP contribution in [0.3, 0.4) is 0 Å². The minimum atomic E-state index is -1.40. The van der Waals surface area contributed by atoms with E-state index < -0.39 is 41.4 Å². The van der Waals surface area contributed by atoms with Crippen LogP contribution in [0.15, 0.2) is 0 Å². The zero-order chi connectivity index (χ0) is 33.7. The summed E-state index contributed by atoms with van der Waals surface area (Å²) in [6, 6.07) is 0.438. The molecular formula is C35H65N3O7. The summed E-state index contributed by atoms with van der Waals surface area (Å²) in [6.07, 6.45) is 3.97. The van der Waals surface area contributed by atoms with Gasteiger partial charge >= 0.3 is 5.97 Å². The summed E-state index contributed by atoms with van der Waals surface area (Å²) >= 11 is 0. The largest absolute Gasteiger partial charge is 0.463 e. The third-order valence-electron chi connectivity index (χ3n) is 10.9. The van der Waals surface area contributed by atoms with Gasteiger partial charge in [-0.05, 0) is 112 Å². The van der Waals surface area contributed by atoms with Gasteiger partial charge in [0.2, 0.25) is 0 Å². The van der Waals surface area contributed by atoms with Crippen LogP contribution in [0, 0.1) is 23.2 Å². The molecule has 1 saturated carbocycles. The first-order valence-corrected chi connectivity index (χ1v) is 17.4. The van der Waals surface area contributed by atoms with Gasteiger partial charge in [0, 0.05) is 37.7 Å². The Morgan fingerprint density at radius 3 is 2.31 bits per heavy atom. The number of ketones is 1. The fourth-order valence-corrected chi connectivity index (χ4v) is 8.12. The minimum absolute atomic E-state index is 0.0590. The standard InChI is InChI=1S/C35H65N3O7/c1-12-17-36-26-15-13-25(14-16-26)28-21-43-33(41)34(5,6)30(40)24(4)31(35(7,42-11)19-22(2)20-38(28)10)45-32-29(39)27(37(8)9)18-23(3)44-32/h22-29,31-32,36,39H,12-21H2,1-11H3/t22?,23-,24?,25?,26?,27+,28?,29-,31?,32+,35?/m1/s1. The fraction of sp³-hybridized carbons (Fsp3) is 0.943. The lowest BCUT2D eigenvalue weighted by Crippen LogP contribution is -2.59. The van der Waals surface area contributed by atoms with Crippen molar-refractivity contribution in [1.29, 1.82) is 0 Å². The lowest BCUT2D eigenvalue weighted by Gasteiger charge is -2.47. The van der Waals surface area contributed by atoms with Crippen LogP contribution in [0.2, 0.25) is 0 Å². The summed E-state index contributed by atoms with van der Waals surface area (Å²) in [7, 11) is 7.64. The Morgan fingerprint density at radius 2 is 1.73 bits per heavy atom. The lowest BCUT2D eigenvalue weighted by molar-refractivity contribution is -0.295.